The molecule has 0 bridgehead atoms. The van der Waals surface area contributed by atoms with Gasteiger partial charge in [-0.1, -0.05) is 22.0 Å². The summed E-state index contributed by atoms with van der Waals surface area (Å²) in [5.41, 5.74) is 2.72. The molecule has 2 amide bonds. The number of halogens is 1. The second-order valence-corrected chi connectivity index (χ2v) is 6.62. The highest BCUT2D eigenvalue weighted by Gasteiger charge is 2.18. The molecule has 134 valence electrons. The van der Waals surface area contributed by atoms with Crippen LogP contribution in [0.4, 0.5) is 10.5 Å². The predicted molar refractivity (Wildman–Crippen MR) is 101 cm³/mol. The number of amides is 2. The summed E-state index contributed by atoms with van der Waals surface area (Å²) in [5, 5.41) is 9.91. The lowest BCUT2D eigenvalue weighted by molar-refractivity contribution is 0.248. The van der Waals surface area contributed by atoms with Crippen LogP contribution in [0.25, 0.3) is 5.95 Å². The number of hydrogen-bond acceptors (Lipinski definition) is 5. The van der Waals surface area contributed by atoms with Crippen LogP contribution in [0, 0.1) is 13.8 Å². The van der Waals surface area contributed by atoms with Crippen LogP contribution in [0.2, 0.25) is 0 Å². The molecule has 0 aliphatic heterocycles. The van der Waals surface area contributed by atoms with Crippen molar-refractivity contribution >= 4 is 27.6 Å². The Morgan fingerprint density at radius 2 is 1.92 bits per heavy atom. The number of hydrogen-bond donors (Lipinski definition) is 2. The summed E-state index contributed by atoms with van der Waals surface area (Å²) in [7, 11) is 0. The fourth-order valence-corrected chi connectivity index (χ4v) is 2.86. The molecular formula is C17H18BrN7O. The molecule has 0 radical (unpaired) electrons. The molecule has 1 atom stereocenters. The molecule has 0 fully saturated rings. The Morgan fingerprint density at radius 3 is 2.65 bits per heavy atom. The van der Waals surface area contributed by atoms with Gasteiger partial charge in [0.1, 0.15) is 6.33 Å². The van der Waals surface area contributed by atoms with E-state index in [9.17, 15) is 4.79 Å². The lowest BCUT2D eigenvalue weighted by atomic mass is 10.1. The molecule has 9 heteroatoms. The number of benzene rings is 1. The number of nitrogens with one attached hydrogen (secondary N) is 2. The Hall–Kier alpha value is -2.81. The molecule has 1 aromatic carbocycles. The number of urea groups is 1. The standard InChI is InChI=1S/C17H18BrN7O/c1-10-5-6-13(18)11(2)14(10)24-17(26)23-12(3)15-21-9-22-25(15)16-19-7-4-8-20-16/h4-9,12H,1-3H3,(H2,23,24,26). The van der Waals surface area contributed by atoms with Gasteiger partial charge < -0.3 is 10.6 Å². The lowest BCUT2D eigenvalue weighted by Crippen LogP contribution is -2.33. The maximum atomic E-state index is 12.5. The Morgan fingerprint density at radius 1 is 1.19 bits per heavy atom. The number of aromatic nitrogens is 5. The van der Waals surface area contributed by atoms with Crippen molar-refractivity contribution in [3.63, 3.8) is 0 Å². The fourth-order valence-electron chi connectivity index (χ4n) is 2.53. The van der Waals surface area contributed by atoms with E-state index in [4.69, 9.17) is 0 Å². The highest BCUT2D eigenvalue weighted by atomic mass is 79.9. The maximum absolute atomic E-state index is 12.5. The molecule has 2 heterocycles. The molecule has 1 unspecified atom stereocenters. The second-order valence-electron chi connectivity index (χ2n) is 5.76. The number of rotatable bonds is 4. The zero-order chi connectivity index (χ0) is 18.7. The van der Waals surface area contributed by atoms with Crippen molar-refractivity contribution in [2.45, 2.75) is 26.8 Å². The van der Waals surface area contributed by atoms with Crippen LogP contribution >= 0.6 is 15.9 Å². The van der Waals surface area contributed by atoms with E-state index in [2.05, 4.69) is 46.6 Å². The second kappa shape index (κ2) is 7.61. The van der Waals surface area contributed by atoms with Crippen molar-refractivity contribution in [2.75, 3.05) is 5.32 Å². The molecule has 3 rings (SSSR count). The van der Waals surface area contributed by atoms with Crippen LogP contribution in [0.15, 0.2) is 41.4 Å². The van der Waals surface area contributed by atoms with E-state index in [0.717, 1.165) is 21.3 Å². The van der Waals surface area contributed by atoms with Gasteiger partial charge in [0.2, 0.25) is 0 Å². The molecule has 2 N–H and O–H groups in total. The zero-order valence-electron chi connectivity index (χ0n) is 14.6. The van der Waals surface area contributed by atoms with Crippen molar-refractivity contribution in [3.05, 3.63) is 58.3 Å². The monoisotopic (exact) mass is 415 g/mol. The van der Waals surface area contributed by atoms with E-state index in [1.165, 1.54) is 11.0 Å². The lowest BCUT2D eigenvalue weighted by Gasteiger charge is -2.17. The summed E-state index contributed by atoms with van der Waals surface area (Å²) in [4.78, 5) is 25.0. The van der Waals surface area contributed by atoms with Crippen LogP contribution in [0.3, 0.4) is 0 Å². The van der Waals surface area contributed by atoms with Gasteiger partial charge in [0, 0.05) is 22.6 Å². The van der Waals surface area contributed by atoms with Crippen LogP contribution in [-0.2, 0) is 0 Å². The number of carbonyl (C=O) groups excluding carboxylic acids is 1. The summed E-state index contributed by atoms with van der Waals surface area (Å²) in [6.45, 7) is 5.71. The van der Waals surface area contributed by atoms with E-state index in [-0.39, 0.29) is 6.03 Å². The molecule has 3 aromatic rings. The average molecular weight is 416 g/mol. The van der Waals surface area contributed by atoms with E-state index in [1.54, 1.807) is 18.5 Å². The first-order chi connectivity index (χ1) is 12.5. The third-order valence-corrected chi connectivity index (χ3v) is 4.76. The topological polar surface area (TPSA) is 97.6 Å². The molecule has 26 heavy (non-hydrogen) atoms. The van der Waals surface area contributed by atoms with Crippen LogP contribution in [0.1, 0.15) is 29.9 Å². The highest BCUT2D eigenvalue weighted by molar-refractivity contribution is 9.10. The largest absolute Gasteiger partial charge is 0.328 e. The van der Waals surface area contributed by atoms with Crippen molar-refractivity contribution < 1.29 is 4.79 Å². The van der Waals surface area contributed by atoms with Gasteiger partial charge in [-0.05, 0) is 44.0 Å². The van der Waals surface area contributed by atoms with Crippen molar-refractivity contribution in [1.82, 2.24) is 30.0 Å². The van der Waals surface area contributed by atoms with Gasteiger partial charge in [-0.25, -0.2) is 19.7 Å². The number of nitrogens with zero attached hydrogens (tertiary/aromatic N) is 5. The number of anilines is 1. The van der Waals surface area contributed by atoms with Crippen LogP contribution in [-0.4, -0.2) is 30.8 Å². The molecule has 0 saturated heterocycles. The normalized spacial score (nSPS) is 11.8. The van der Waals surface area contributed by atoms with E-state index >= 15 is 0 Å². The van der Waals surface area contributed by atoms with Crippen molar-refractivity contribution in [3.8, 4) is 5.95 Å². The summed E-state index contributed by atoms with van der Waals surface area (Å²) in [6.07, 6.45) is 4.65. The minimum atomic E-state index is -0.394. The molecular weight excluding hydrogens is 398 g/mol. The third kappa shape index (κ3) is 3.72. The first-order valence-corrected chi connectivity index (χ1v) is 8.77. The summed E-state index contributed by atoms with van der Waals surface area (Å²) in [6, 6.07) is 4.90. The summed E-state index contributed by atoms with van der Waals surface area (Å²) >= 11 is 3.48. The fraction of sp³-hybridized carbons (Fsp3) is 0.235. The molecule has 0 spiro atoms. The van der Waals surface area contributed by atoms with E-state index in [0.29, 0.717) is 11.8 Å². The smallest absolute Gasteiger partial charge is 0.319 e. The first kappa shape index (κ1) is 18.0. The zero-order valence-corrected chi connectivity index (χ0v) is 16.1. The van der Waals surface area contributed by atoms with Gasteiger partial charge in [-0.3, -0.25) is 0 Å². The van der Waals surface area contributed by atoms with Crippen molar-refractivity contribution in [2.24, 2.45) is 0 Å². The van der Waals surface area contributed by atoms with Gasteiger partial charge >= 0.3 is 6.03 Å². The minimum Gasteiger partial charge on any atom is -0.328 e. The Balaban J connectivity index is 1.76. The van der Waals surface area contributed by atoms with Gasteiger partial charge in [0.15, 0.2) is 5.82 Å². The van der Waals surface area contributed by atoms with Gasteiger partial charge in [-0.15, -0.1) is 0 Å². The SMILES string of the molecule is Cc1ccc(Br)c(C)c1NC(=O)NC(C)c1ncnn1-c1ncccn1. The molecule has 0 saturated carbocycles. The first-order valence-electron chi connectivity index (χ1n) is 7.98. The van der Waals surface area contributed by atoms with Gasteiger partial charge in [-0.2, -0.15) is 9.78 Å². The molecule has 0 aliphatic carbocycles. The Kier molecular flexibility index (Phi) is 5.27. The Bertz CT molecular complexity index is 926. The van der Waals surface area contributed by atoms with E-state index in [1.807, 2.05) is 32.9 Å². The number of aryl methyl sites for hydroxylation is 1. The minimum absolute atomic E-state index is 0.328. The predicted octanol–water partition coefficient (Wildman–Crippen LogP) is 3.32. The average Bonchev–Trinajstić information content (AvgIpc) is 3.13. The molecule has 0 aliphatic rings. The molecule has 8 nitrogen and oxygen atoms in total. The quantitative estimate of drug-likeness (QED) is 0.680. The van der Waals surface area contributed by atoms with E-state index < -0.39 is 6.04 Å². The van der Waals surface area contributed by atoms with Crippen molar-refractivity contribution in [1.29, 1.82) is 0 Å². The number of carbonyl (C=O) groups is 1. The molecule has 2 aromatic heterocycles. The van der Waals surface area contributed by atoms with Gasteiger partial charge in [0.05, 0.1) is 6.04 Å². The van der Waals surface area contributed by atoms with Crippen LogP contribution in [0.5, 0.6) is 0 Å². The summed E-state index contributed by atoms with van der Waals surface area (Å²) in [5.74, 6) is 0.932. The highest BCUT2D eigenvalue weighted by Crippen LogP contribution is 2.27. The summed E-state index contributed by atoms with van der Waals surface area (Å²) < 4.78 is 2.44. The van der Waals surface area contributed by atoms with Crippen LogP contribution < -0.4 is 10.6 Å². The Labute approximate surface area is 159 Å². The van der Waals surface area contributed by atoms with Gasteiger partial charge in [0.25, 0.3) is 5.95 Å². The third-order valence-electron chi connectivity index (χ3n) is 3.90. The maximum Gasteiger partial charge on any atom is 0.319 e.